The van der Waals surface area contributed by atoms with Crippen LogP contribution in [0.5, 0.6) is 0 Å². The highest BCUT2D eigenvalue weighted by Crippen LogP contribution is 2.22. The molecule has 0 saturated carbocycles. The van der Waals surface area contributed by atoms with Crippen molar-refractivity contribution in [2.24, 2.45) is 5.84 Å². The molecule has 2 aromatic heterocycles. The minimum atomic E-state index is -0.436. The Kier molecular flexibility index (Phi) is 4.31. The molecular formula is C11H9BrClN5O. The Morgan fingerprint density at radius 2 is 2.16 bits per heavy atom. The maximum atomic E-state index is 12.1. The minimum Gasteiger partial charge on any atom is -0.319 e. The lowest BCUT2D eigenvalue weighted by Crippen LogP contribution is -2.17. The molecule has 0 fully saturated rings. The molecule has 0 saturated heterocycles. The fraction of sp³-hybridized carbons (Fsp3) is 0. The van der Waals surface area contributed by atoms with E-state index >= 15 is 0 Å². The van der Waals surface area contributed by atoms with E-state index < -0.39 is 5.91 Å². The van der Waals surface area contributed by atoms with Crippen molar-refractivity contribution in [2.75, 3.05) is 10.7 Å². The van der Waals surface area contributed by atoms with E-state index in [1.54, 1.807) is 30.6 Å². The first-order chi connectivity index (χ1) is 9.11. The SMILES string of the molecule is NNc1ccc(Cl)c(C(=O)Nc2ccncc2Br)n1. The largest absolute Gasteiger partial charge is 0.319 e. The number of hydrogen-bond donors (Lipinski definition) is 3. The topological polar surface area (TPSA) is 92.9 Å². The molecular weight excluding hydrogens is 334 g/mol. The van der Waals surface area contributed by atoms with E-state index in [1.165, 1.54) is 0 Å². The van der Waals surface area contributed by atoms with E-state index in [2.05, 4.69) is 36.6 Å². The molecule has 0 aliphatic rings. The van der Waals surface area contributed by atoms with Crippen LogP contribution in [0.1, 0.15) is 10.5 Å². The van der Waals surface area contributed by atoms with Crippen LogP contribution in [-0.2, 0) is 0 Å². The van der Waals surface area contributed by atoms with Crippen LogP contribution in [0.15, 0.2) is 35.1 Å². The van der Waals surface area contributed by atoms with Crippen LogP contribution in [0.4, 0.5) is 11.5 Å². The maximum absolute atomic E-state index is 12.1. The van der Waals surface area contributed by atoms with E-state index in [1.807, 2.05) is 0 Å². The second kappa shape index (κ2) is 5.96. The van der Waals surface area contributed by atoms with Crippen molar-refractivity contribution in [1.82, 2.24) is 9.97 Å². The zero-order valence-corrected chi connectivity index (χ0v) is 11.9. The third kappa shape index (κ3) is 3.19. The molecule has 1 amide bonds. The highest BCUT2D eigenvalue weighted by Gasteiger charge is 2.14. The molecule has 98 valence electrons. The summed E-state index contributed by atoms with van der Waals surface area (Å²) in [6.45, 7) is 0. The normalized spacial score (nSPS) is 10.1. The van der Waals surface area contributed by atoms with Crippen LogP contribution in [-0.4, -0.2) is 15.9 Å². The number of pyridine rings is 2. The quantitative estimate of drug-likeness (QED) is 0.588. The van der Waals surface area contributed by atoms with Crippen molar-refractivity contribution in [3.8, 4) is 0 Å². The predicted molar refractivity (Wildman–Crippen MR) is 76.9 cm³/mol. The molecule has 0 atom stereocenters. The Balaban J connectivity index is 2.28. The summed E-state index contributed by atoms with van der Waals surface area (Å²) in [5, 5.41) is 2.91. The van der Waals surface area contributed by atoms with Gasteiger partial charge in [-0.05, 0) is 34.1 Å². The van der Waals surface area contributed by atoms with Gasteiger partial charge in [0.25, 0.3) is 5.91 Å². The Morgan fingerprint density at radius 1 is 1.37 bits per heavy atom. The summed E-state index contributed by atoms with van der Waals surface area (Å²) in [5.74, 6) is 5.16. The van der Waals surface area contributed by atoms with Gasteiger partial charge in [0.15, 0.2) is 0 Å². The lowest BCUT2D eigenvalue weighted by Gasteiger charge is -2.08. The Bertz CT molecular complexity index is 622. The summed E-state index contributed by atoms with van der Waals surface area (Å²) < 4.78 is 0.660. The molecule has 8 heteroatoms. The number of nitrogens with zero attached hydrogens (tertiary/aromatic N) is 2. The van der Waals surface area contributed by atoms with Crippen molar-refractivity contribution in [3.05, 3.63) is 45.8 Å². The number of halogens is 2. The van der Waals surface area contributed by atoms with Gasteiger partial charge in [0.2, 0.25) is 0 Å². The van der Waals surface area contributed by atoms with Gasteiger partial charge in [-0.25, -0.2) is 10.8 Å². The maximum Gasteiger partial charge on any atom is 0.275 e. The van der Waals surface area contributed by atoms with E-state index in [0.29, 0.717) is 16.0 Å². The van der Waals surface area contributed by atoms with Crippen LogP contribution in [0, 0.1) is 0 Å². The van der Waals surface area contributed by atoms with Gasteiger partial charge in [0.05, 0.1) is 15.2 Å². The number of hydrazine groups is 1. The zero-order valence-electron chi connectivity index (χ0n) is 9.52. The molecule has 6 nitrogen and oxygen atoms in total. The molecule has 0 radical (unpaired) electrons. The first-order valence-corrected chi connectivity index (χ1v) is 6.33. The molecule has 0 aromatic carbocycles. The van der Waals surface area contributed by atoms with Gasteiger partial charge >= 0.3 is 0 Å². The molecule has 0 bridgehead atoms. The number of nitrogens with one attached hydrogen (secondary N) is 2. The van der Waals surface area contributed by atoms with Gasteiger partial charge in [-0.15, -0.1) is 0 Å². The monoisotopic (exact) mass is 341 g/mol. The highest BCUT2D eigenvalue weighted by atomic mass is 79.9. The average Bonchev–Trinajstić information content (AvgIpc) is 2.42. The molecule has 2 rings (SSSR count). The van der Waals surface area contributed by atoms with Gasteiger partial charge < -0.3 is 10.7 Å². The number of amides is 1. The molecule has 2 heterocycles. The fourth-order valence-corrected chi connectivity index (χ4v) is 1.88. The summed E-state index contributed by atoms with van der Waals surface area (Å²) in [4.78, 5) is 20.0. The van der Waals surface area contributed by atoms with Crippen LogP contribution in [0.2, 0.25) is 5.02 Å². The summed E-state index contributed by atoms with van der Waals surface area (Å²) >= 11 is 9.22. The van der Waals surface area contributed by atoms with Gasteiger partial charge in [0, 0.05) is 12.4 Å². The van der Waals surface area contributed by atoms with E-state index in [-0.39, 0.29) is 10.7 Å². The number of rotatable bonds is 3. The van der Waals surface area contributed by atoms with E-state index in [0.717, 1.165) is 0 Å². The van der Waals surface area contributed by atoms with E-state index in [4.69, 9.17) is 17.4 Å². The van der Waals surface area contributed by atoms with Gasteiger partial charge in [0.1, 0.15) is 11.5 Å². The lowest BCUT2D eigenvalue weighted by molar-refractivity contribution is 0.102. The van der Waals surface area contributed by atoms with Gasteiger partial charge in [-0.1, -0.05) is 11.6 Å². The predicted octanol–water partition coefficient (Wildman–Crippen LogP) is 2.43. The highest BCUT2D eigenvalue weighted by molar-refractivity contribution is 9.10. The van der Waals surface area contributed by atoms with Crippen molar-refractivity contribution < 1.29 is 4.79 Å². The molecule has 19 heavy (non-hydrogen) atoms. The first kappa shape index (κ1) is 13.7. The number of nitrogen functional groups attached to an aromatic ring is 1. The molecule has 0 aliphatic carbocycles. The molecule has 4 N–H and O–H groups in total. The van der Waals surface area contributed by atoms with Crippen molar-refractivity contribution in [3.63, 3.8) is 0 Å². The third-order valence-corrected chi connectivity index (χ3v) is 3.17. The first-order valence-electron chi connectivity index (χ1n) is 5.16. The zero-order chi connectivity index (χ0) is 13.8. The van der Waals surface area contributed by atoms with Crippen molar-refractivity contribution in [2.45, 2.75) is 0 Å². The standard InChI is InChI=1S/C11H9BrClN5O/c12-6-5-15-4-3-8(6)16-11(19)10-7(13)1-2-9(17-10)18-14/h1-5H,14H2,(H,17,18)(H,15,16,19). The van der Waals surface area contributed by atoms with Crippen LogP contribution < -0.4 is 16.6 Å². The summed E-state index contributed by atoms with van der Waals surface area (Å²) in [6.07, 6.45) is 3.13. The lowest BCUT2D eigenvalue weighted by atomic mass is 10.3. The van der Waals surface area contributed by atoms with Crippen LogP contribution >= 0.6 is 27.5 Å². The number of anilines is 2. The molecule has 0 spiro atoms. The molecule has 0 unspecified atom stereocenters. The second-order valence-corrected chi connectivity index (χ2v) is 4.74. The Morgan fingerprint density at radius 3 is 2.84 bits per heavy atom. The van der Waals surface area contributed by atoms with Crippen molar-refractivity contribution >= 4 is 44.9 Å². The smallest absolute Gasteiger partial charge is 0.275 e. The minimum absolute atomic E-state index is 0.0841. The van der Waals surface area contributed by atoms with Crippen LogP contribution in [0.25, 0.3) is 0 Å². The summed E-state index contributed by atoms with van der Waals surface area (Å²) in [7, 11) is 0. The Hall–Kier alpha value is -1.70. The number of nitrogens with two attached hydrogens (primary N) is 1. The van der Waals surface area contributed by atoms with Gasteiger partial charge in [-0.2, -0.15) is 0 Å². The summed E-state index contributed by atoms with van der Waals surface area (Å²) in [5.41, 5.74) is 3.01. The van der Waals surface area contributed by atoms with Gasteiger partial charge in [-0.3, -0.25) is 9.78 Å². The number of aromatic nitrogens is 2. The molecule has 2 aromatic rings. The number of hydrogen-bond acceptors (Lipinski definition) is 5. The van der Waals surface area contributed by atoms with Crippen LogP contribution in [0.3, 0.4) is 0 Å². The molecule has 0 aliphatic heterocycles. The summed E-state index contributed by atoms with van der Waals surface area (Å²) in [6, 6.07) is 4.77. The van der Waals surface area contributed by atoms with E-state index in [9.17, 15) is 4.79 Å². The number of carbonyl (C=O) groups is 1. The fourth-order valence-electron chi connectivity index (χ4n) is 1.34. The average molecular weight is 343 g/mol. The third-order valence-electron chi connectivity index (χ3n) is 2.23. The number of carbonyl (C=O) groups excluding carboxylic acids is 1. The second-order valence-electron chi connectivity index (χ2n) is 3.48. The van der Waals surface area contributed by atoms with Crippen molar-refractivity contribution in [1.29, 1.82) is 0 Å². The Labute approximate surface area is 122 Å².